The van der Waals surface area contributed by atoms with Gasteiger partial charge in [-0.3, -0.25) is 0 Å². The Hall–Kier alpha value is -1.75. The van der Waals surface area contributed by atoms with E-state index >= 15 is 0 Å². The number of hydrogen-bond acceptors (Lipinski definition) is 5. The van der Waals surface area contributed by atoms with E-state index in [1.807, 2.05) is 24.3 Å². The highest BCUT2D eigenvalue weighted by molar-refractivity contribution is 5.70. The summed E-state index contributed by atoms with van der Waals surface area (Å²) >= 11 is 0. The maximum absolute atomic E-state index is 11.0. The number of ether oxygens (including phenoxy) is 2. The molecule has 0 radical (unpaired) electrons. The van der Waals surface area contributed by atoms with Gasteiger partial charge in [0.15, 0.2) is 6.61 Å². The minimum Gasteiger partial charge on any atom is -0.482 e. The first kappa shape index (κ1) is 14.7. The molecular weight excluding hydrogens is 256 g/mol. The lowest BCUT2D eigenvalue weighted by Crippen LogP contribution is -2.24. The molecule has 1 saturated heterocycles. The molecule has 0 spiro atoms. The summed E-state index contributed by atoms with van der Waals surface area (Å²) in [5.74, 6) is 0.285. The van der Waals surface area contributed by atoms with Gasteiger partial charge in [0.25, 0.3) is 0 Å². The molecule has 1 aromatic rings. The van der Waals surface area contributed by atoms with E-state index in [1.165, 1.54) is 7.11 Å². The Morgan fingerprint density at radius 3 is 2.65 bits per heavy atom. The first-order valence-corrected chi connectivity index (χ1v) is 6.85. The fourth-order valence-electron chi connectivity index (χ4n) is 2.38. The van der Waals surface area contributed by atoms with Crippen LogP contribution in [0.25, 0.3) is 0 Å². The third-order valence-electron chi connectivity index (χ3n) is 3.70. The Morgan fingerprint density at radius 1 is 1.40 bits per heavy atom. The molecule has 5 heteroatoms. The van der Waals surface area contributed by atoms with Crippen molar-refractivity contribution in [3.8, 4) is 5.75 Å². The molecule has 0 aromatic heterocycles. The Balaban J connectivity index is 1.84. The van der Waals surface area contributed by atoms with Crippen molar-refractivity contribution in [3.63, 3.8) is 0 Å². The first-order valence-electron chi connectivity index (χ1n) is 6.85. The molecule has 1 aliphatic heterocycles. The fourth-order valence-corrected chi connectivity index (χ4v) is 2.38. The summed E-state index contributed by atoms with van der Waals surface area (Å²) in [4.78, 5) is 13.3. The molecule has 1 heterocycles. The van der Waals surface area contributed by atoms with Gasteiger partial charge in [-0.05, 0) is 44.7 Å². The zero-order valence-corrected chi connectivity index (χ0v) is 12.3. The van der Waals surface area contributed by atoms with Crippen molar-refractivity contribution < 1.29 is 14.3 Å². The van der Waals surface area contributed by atoms with Crippen LogP contribution in [0.15, 0.2) is 24.3 Å². The normalized spacial score (nSPS) is 22.6. The molecule has 2 unspecified atom stereocenters. The molecule has 110 valence electrons. The van der Waals surface area contributed by atoms with Crippen LogP contribution in [0.2, 0.25) is 0 Å². The van der Waals surface area contributed by atoms with E-state index in [1.54, 1.807) is 0 Å². The summed E-state index contributed by atoms with van der Waals surface area (Å²) < 4.78 is 9.83. The van der Waals surface area contributed by atoms with Crippen LogP contribution >= 0.6 is 0 Å². The molecule has 0 saturated carbocycles. The average Bonchev–Trinajstić information content (AvgIpc) is 2.76. The molecule has 0 bridgehead atoms. The van der Waals surface area contributed by atoms with E-state index in [2.05, 4.69) is 28.9 Å². The minimum absolute atomic E-state index is 0.0613. The summed E-state index contributed by atoms with van der Waals surface area (Å²) in [6.45, 7) is 3.24. The van der Waals surface area contributed by atoms with Gasteiger partial charge in [-0.1, -0.05) is 0 Å². The molecular formula is C15H22N2O3. The number of likely N-dealkylation sites (tertiary alicyclic amines) is 1. The number of carbonyl (C=O) groups is 1. The maximum atomic E-state index is 11.0. The minimum atomic E-state index is -0.379. The van der Waals surface area contributed by atoms with Crippen molar-refractivity contribution in [3.05, 3.63) is 24.3 Å². The molecule has 0 amide bonds. The van der Waals surface area contributed by atoms with Gasteiger partial charge in [0.2, 0.25) is 0 Å². The van der Waals surface area contributed by atoms with Crippen LogP contribution in [0.4, 0.5) is 5.69 Å². The Labute approximate surface area is 119 Å². The van der Waals surface area contributed by atoms with Crippen LogP contribution in [0, 0.1) is 0 Å². The number of nitrogens with one attached hydrogen (secondary N) is 1. The van der Waals surface area contributed by atoms with Gasteiger partial charge in [0.1, 0.15) is 5.75 Å². The second-order valence-electron chi connectivity index (χ2n) is 5.25. The van der Waals surface area contributed by atoms with E-state index in [4.69, 9.17) is 4.74 Å². The van der Waals surface area contributed by atoms with Crippen LogP contribution in [-0.2, 0) is 9.53 Å². The standard InChI is InChI=1S/C15H22N2O3/c1-11-8-13(9-17(11)2)16-12-4-6-14(7-5-12)20-10-15(18)19-3/h4-7,11,13,16H,8-10H2,1-3H3. The maximum Gasteiger partial charge on any atom is 0.343 e. The smallest absolute Gasteiger partial charge is 0.343 e. The van der Waals surface area contributed by atoms with Gasteiger partial charge in [0, 0.05) is 24.3 Å². The third kappa shape index (κ3) is 3.87. The molecule has 5 nitrogen and oxygen atoms in total. The molecule has 1 aliphatic rings. The van der Waals surface area contributed by atoms with Crippen molar-refractivity contribution in [1.82, 2.24) is 4.90 Å². The van der Waals surface area contributed by atoms with E-state index < -0.39 is 0 Å². The number of methoxy groups -OCH3 is 1. The van der Waals surface area contributed by atoms with Crippen molar-refractivity contribution in [2.24, 2.45) is 0 Å². The van der Waals surface area contributed by atoms with Crippen LogP contribution in [0.5, 0.6) is 5.75 Å². The zero-order valence-electron chi connectivity index (χ0n) is 12.3. The van der Waals surface area contributed by atoms with E-state index in [0.29, 0.717) is 17.8 Å². The number of esters is 1. The predicted octanol–water partition coefficient (Wildman–Crippen LogP) is 1.74. The number of anilines is 1. The second-order valence-corrected chi connectivity index (χ2v) is 5.25. The van der Waals surface area contributed by atoms with E-state index in [0.717, 1.165) is 18.7 Å². The summed E-state index contributed by atoms with van der Waals surface area (Å²) in [6.07, 6.45) is 1.15. The molecule has 2 rings (SSSR count). The summed E-state index contributed by atoms with van der Waals surface area (Å²) in [7, 11) is 3.49. The highest BCUT2D eigenvalue weighted by atomic mass is 16.6. The van der Waals surface area contributed by atoms with Crippen LogP contribution in [0.3, 0.4) is 0 Å². The molecule has 1 N–H and O–H groups in total. The molecule has 2 atom stereocenters. The number of benzene rings is 1. The Morgan fingerprint density at radius 2 is 2.10 bits per heavy atom. The SMILES string of the molecule is COC(=O)COc1ccc(NC2CC(C)N(C)C2)cc1. The van der Waals surface area contributed by atoms with Gasteiger partial charge < -0.3 is 19.7 Å². The summed E-state index contributed by atoms with van der Waals surface area (Å²) in [6, 6.07) is 8.75. The molecule has 0 aliphatic carbocycles. The zero-order chi connectivity index (χ0) is 14.5. The monoisotopic (exact) mass is 278 g/mol. The van der Waals surface area contributed by atoms with Crippen molar-refractivity contribution in [2.75, 3.05) is 32.6 Å². The van der Waals surface area contributed by atoms with Crippen LogP contribution in [-0.4, -0.2) is 50.3 Å². The third-order valence-corrected chi connectivity index (χ3v) is 3.70. The van der Waals surface area contributed by atoms with E-state index in [-0.39, 0.29) is 12.6 Å². The lowest BCUT2D eigenvalue weighted by molar-refractivity contribution is -0.142. The summed E-state index contributed by atoms with van der Waals surface area (Å²) in [5.41, 5.74) is 1.07. The lowest BCUT2D eigenvalue weighted by Gasteiger charge is -2.14. The van der Waals surface area contributed by atoms with Crippen LogP contribution in [0.1, 0.15) is 13.3 Å². The number of nitrogens with zero attached hydrogens (tertiary/aromatic N) is 1. The van der Waals surface area contributed by atoms with Crippen molar-refractivity contribution >= 4 is 11.7 Å². The number of rotatable bonds is 5. The topological polar surface area (TPSA) is 50.8 Å². The van der Waals surface area contributed by atoms with Crippen molar-refractivity contribution in [1.29, 1.82) is 0 Å². The fraction of sp³-hybridized carbons (Fsp3) is 0.533. The van der Waals surface area contributed by atoms with Gasteiger partial charge in [-0.25, -0.2) is 4.79 Å². The van der Waals surface area contributed by atoms with Gasteiger partial charge >= 0.3 is 5.97 Å². The Kier molecular flexibility index (Phi) is 4.84. The largest absolute Gasteiger partial charge is 0.482 e. The first-order chi connectivity index (χ1) is 9.58. The molecule has 1 aromatic carbocycles. The second kappa shape index (κ2) is 6.61. The van der Waals surface area contributed by atoms with Gasteiger partial charge in [-0.15, -0.1) is 0 Å². The summed E-state index contributed by atoms with van der Waals surface area (Å²) in [5, 5.41) is 3.52. The van der Waals surface area contributed by atoms with Gasteiger partial charge in [0.05, 0.1) is 7.11 Å². The number of likely N-dealkylation sites (N-methyl/N-ethyl adjacent to an activating group) is 1. The highest BCUT2D eigenvalue weighted by Gasteiger charge is 2.25. The van der Waals surface area contributed by atoms with Crippen LogP contribution < -0.4 is 10.1 Å². The number of carbonyl (C=O) groups excluding carboxylic acids is 1. The average molecular weight is 278 g/mol. The Bertz CT molecular complexity index is 437. The van der Waals surface area contributed by atoms with Crippen molar-refractivity contribution in [2.45, 2.75) is 25.4 Å². The predicted molar refractivity (Wildman–Crippen MR) is 78.1 cm³/mol. The quantitative estimate of drug-likeness (QED) is 0.832. The lowest BCUT2D eigenvalue weighted by atomic mass is 10.2. The number of hydrogen-bond donors (Lipinski definition) is 1. The van der Waals surface area contributed by atoms with Gasteiger partial charge in [-0.2, -0.15) is 0 Å². The molecule has 20 heavy (non-hydrogen) atoms. The highest BCUT2D eigenvalue weighted by Crippen LogP contribution is 2.21. The van der Waals surface area contributed by atoms with E-state index in [9.17, 15) is 4.79 Å². The molecule has 1 fully saturated rings.